The molecule has 15 heteroatoms. The van der Waals surface area contributed by atoms with Crippen molar-refractivity contribution in [3.8, 4) is 5.69 Å². The first-order chi connectivity index (χ1) is 15.2. The van der Waals surface area contributed by atoms with E-state index in [1.54, 1.807) is 13.8 Å². The first-order valence-electron chi connectivity index (χ1n) is 8.87. The maximum Gasteiger partial charge on any atom is 0.356 e. The number of hydrogen-bond donors (Lipinski definition) is 4. The molecule has 0 fully saturated rings. The van der Waals surface area contributed by atoms with Gasteiger partial charge in [0.2, 0.25) is 0 Å². The highest BCUT2D eigenvalue weighted by molar-refractivity contribution is 7.86. The minimum Gasteiger partial charge on any atom is -0.476 e. The summed E-state index contributed by atoms with van der Waals surface area (Å²) >= 11 is 0. The van der Waals surface area contributed by atoms with E-state index in [0.717, 1.165) is 35.0 Å². The lowest BCUT2D eigenvalue weighted by atomic mass is 10.1. The van der Waals surface area contributed by atoms with Crippen molar-refractivity contribution in [2.24, 2.45) is 10.2 Å². The summed E-state index contributed by atoms with van der Waals surface area (Å²) < 4.78 is 65.0. The zero-order chi connectivity index (χ0) is 24.7. The molecule has 0 unspecified atom stereocenters. The molecule has 0 spiro atoms. The molecule has 33 heavy (non-hydrogen) atoms. The van der Waals surface area contributed by atoms with Crippen LogP contribution in [0.1, 0.15) is 21.6 Å². The predicted octanol–water partition coefficient (Wildman–Crippen LogP) is 2.39. The van der Waals surface area contributed by atoms with Crippen LogP contribution in [0.2, 0.25) is 0 Å². The van der Waals surface area contributed by atoms with Crippen LogP contribution in [0.4, 0.5) is 11.4 Å². The van der Waals surface area contributed by atoms with Gasteiger partial charge in [0, 0.05) is 0 Å². The molecular weight excluding hydrogens is 480 g/mol. The zero-order valence-corrected chi connectivity index (χ0v) is 18.5. The lowest BCUT2D eigenvalue weighted by molar-refractivity contribution is 0.0690. The average Bonchev–Trinajstić information content (AvgIpc) is 3.04. The van der Waals surface area contributed by atoms with Gasteiger partial charge in [0.05, 0.1) is 10.6 Å². The van der Waals surface area contributed by atoms with Gasteiger partial charge >= 0.3 is 5.97 Å². The van der Waals surface area contributed by atoms with Gasteiger partial charge in [-0.3, -0.25) is 19.0 Å². The van der Waals surface area contributed by atoms with Crippen molar-refractivity contribution in [3.05, 3.63) is 63.6 Å². The van der Waals surface area contributed by atoms with E-state index < -0.39 is 52.9 Å². The van der Waals surface area contributed by atoms with Crippen molar-refractivity contribution in [2.45, 2.75) is 23.6 Å². The minimum absolute atomic E-state index is 0.0150. The van der Waals surface area contributed by atoms with E-state index in [-0.39, 0.29) is 11.4 Å². The van der Waals surface area contributed by atoms with E-state index in [9.17, 15) is 36.1 Å². The smallest absolute Gasteiger partial charge is 0.356 e. The molecule has 13 nitrogen and oxygen atoms in total. The Hall–Kier alpha value is -3.66. The topological polar surface area (TPSA) is 209 Å². The predicted molar refractivity (Wildman–Crippen MR) is 113 cm³/mol. The molecular formula is C18H16N4O9S2. The molecule has 0 bridgehead atoms. The molecule has 4 N–H and O–H groups in total. The van der Waals surface area contributed by atoms with Gasteiger partial charge in [-0.2, -0.15) is 16.8 Å². The highest BCUT2D eigenvalue weighted by Gasteiger charge is 2.22. The van der Waals surface area contributed by atoms with Crippen molar-refractivity contribution in [3.63, 3.8) is 0 Å². The lowest BCUT2D eigenvalue weighted by Crippen LogP contribution is -2.14. The van der Waals surface area contributed by atoms with E-state index >= 15 is 0 Å². The minimum atomic E-state index is -4.70. The normalized spacial score (nSPS) is 12.4. The number of carbonyl (C=O) groups is 1. The molecule has 2 aromatic carbocycles. The largest absolute Gasteiger partial charge is 0.476 e. The van der Waals surface area contributed by atoms with Crippen LogP contribution < -0.4 is 5.56 Å². The van der Waals surface area contributed by atoms with Crippen molar-refractivity contribution in [1.29, 1.82) is 0 Å². The van der Waals surface area contributed by atoms with E-state index in [4.69, 9.17) is 4.55 Å². The van der Waals surface area contributed by atoms with Gasteiger partial charge in [-0.1, -0.05) is 0 Å². The summed E-state index contributed by atoms with van der Waals surface area (Å²) in [6, 6.07) is 6.70. The summed E-state index contributed by atoms with van der Waals surface area (Å²) in [6.07, 6.45) is 0. The molecule has 0 saturated heterocycles. The van der Waals surface area contributed by atoms with Gasteiger partial charge in [0.15, 0.2) is 11.4 Å². The SMILES string of the molecule is Cc1cc(N=Nc2c(C(=O)O)[nH]n(-c3ccc(S(=O)(=O)O)cc3)c2=O)c(S(=O)(=O)O)cc1C. The third-order valence-corrected chi connectivity index (χ3v) is 6.33. The highest BCUT2D eigenvalue weighted by atomic mass is 32.2. The number of aromatic carboxylic acids is 1. The Morgan fingerprint density at radius 1 is 0.939 bits per heavy atom. The molecule has 0 amide bonds. The first-order valence-corrected chi connectivity index (χ1v) is 11.7. The van der Waals surface area contributed by atoms with Crippen LogP contribution in [0.25, 0.3) is 5.69 Å². The fourth-order valence-electron chi connectivity index (χ4n) is 2.78. The number of aryl methyl sites for hydroxylation is 2. The van der Waals surface area contributed by atoms with Crippen LogP contribution in [0.5, 0.6) is 0 Å². The van der Waals surface area contributed by atoms with Crippen LogP contribution in [0.15, 0.2) is 61.2 Å². The van der Waals surface area contributed by atoms with Gasteiger partial charge in [-0.15, -0.1) is 10.2 Å². The summed E-state index contributed by atoms with van der Waals surface area (Å²) in [5, 5.41) is 19.0. The second-order valence-corrected chi connectivity index (χ2v) is 9.64. The van der Waals surface area contributed by atoms with Gasteiger partial charge in [-0.05, 0) is 61.4 Å². The second-order valence-electron chi connectivity index (χ2n) is 6.83. The van der Waals surface area contributed by atoms with Crippen LogP contribution in [0.3, 0.4) is 0 Å². The molecule has 174 valence electrons. The van der Waals surface area contributed by atoms with Gasteiger partial charge in [0.25, 0.3) is 25.8 Å². The maximum atomic E-state index is 12.8. The number of aromatic nitrogens is 2. The summed E-state index contributed by atoms with van der Waals surface area (Å²) in [5.41, 5.74) is -1.53. The number of rotatable bonds is 6. The molecule has 0 saturated carbocycles. The quantitative estimate of drug-likeness (QED) is 0.291. The Morgan fingerprint density at radius 3 is 2.03 bits per heavy atom. The maximum absolute atomic E-state index is 12.8. The summed E-state index contributed by atoms with van der Waals surface area (Å²) in [7, 11) is -9.18. The average molecular weight is 496 g/mol. The number of azo groups is 1. The van der Waals surface area contributed by atoms with Crippen LogP contribution in [-0.2, 0) is 20.2 Å². The molecule has 3 rings (SSSR count). The third-order valence-electron chi connectivity index (χ3n) is 4.58. The monoisotopic (exact) mass is 496 g/mol. The summed E-state index contributed by atoms with van der Waals surface area (Å²) in [6.45, 7) is 3.25. The highest BCUT2D eigenvalue weighted by Crippen LogP contribution is 2.29. The number of hydrogen-bond acceptors (Lipinski definition) is 8. The number of carboxylic acids is 1. The van der Waals surface area contributed by atoms with Crippen molar-refractivity contribution in [2.75, 3.05) is 0 Å². The van der Waals surface area contributed by atoms with Crippen LogP contribution in [0, 0.1) is 13.8 Å². The Kier molecular flexibility index (Phi) is 6.08. The Morgan fingerprint density at radius 2 is 1.52 bits per heavy atom. The Balaban J connectivity index is 2.15. The molecule has 0 radical (unpaired) electrons. The van der Waals surface area contributed by atoms with E-state index in [2.05, 4.69) is 15.3 Å². The molecule has 3 aromatic rings. The van der Waals surface area contributed by atoms with E-state index in [0.29, 0.717) is 11.1 Å². The number of nitrogens with zero attached hydrogens (tertiary/aromatic N) is 3. The first kappa shape index (κ1) is 24.0. The van der Waals surface area contributed by atoms with Crippen molar-refractivity contribution in [1.82, 2.24) is 9.78 Å². The summed E-state index contributed by atoms with van der Waals surface area (Å²) in [5.74, 6) is -1.58. The second kappa shape index (κ2) is 8.36. The molecule has 0 aliphatic carbocycles. The molecule has 0 aliphatic rings. The van der Waals surface area contributed by atoms with Crippen molar-refractivity contribution >= 4 is 37.6 Å². The molecule has 0 atom stereocenters. The Bertz CT molecular complexity index is 1570. The zero-order valence-electron chi connectivity index (χ0n) is 16.9. The third kappa shape index (κ3) is 4.90. The van der Waals surface area contributed by atoms with E-state index in [1.807, 2.05) is 0 Å². The number of carboxylic acid groups (broad SMARTS) is 1. The number of nitrogens with one attached hydrogen (secondary N) is 1. The lowest BCUT2D eigenvalue weighted by Gasteiger charge is -2.06. The fourth-order valence-corrected chi connectivity index (χ4v) is 3.95. The molecule has 1 aromatic heterocycles. The number of H-pyrrole nitrogens is 1. The van der Waals surface area contributed by atoms with Crippen LogP contribution in [-0.4, -0.2) is 46.8 Å². The van der Waals surface area contributed by atoms with Crippen molar-refractivity contribution < 1.29 is 35.8 Å². The van der Waals surface area contributed by atoms with E-state index in [1.165, 1.54) is 6.07 Å². The van der Waals surface area contributed by atoms with Gasteiger partial charge in [0.1, 0.15) is 10.6 Å². The number of aromatic amines is 1. The Labute approximate surface area is 186 Å². The standard InChI is InChI=1S/C18H16N4O9S2/c1-9-7-13(14(8-10(9)2)33(29,30)31)19-20-15-16(18(24)25)21-22(17(15)23)11-3-5-12(6-4-11)32(26,27)28/h3-8,21H,1-2H3,(H,24,25)(H,26,27,28)(H,29,30,31). The van der Waals surface area contributed by atoms with Gasteiger partial charge in [-0.25, -0.2) is 9.48 Å². The van der Waals surface area contributed by atoms with Gasteiger partial charge < -0.3 is 5.11 Å². The molecule has 0 aliphatic heterocycles. The summed E-state index contributed by atoms with van der Waals surface area (Å²) in [4.78, 5) is 23.4. The number of benzene rings is 2. The molecule has 1 heterocycles. The van der Waals surface area contributed by atoms with Crippen LogP contribution >= 0.6 is 0 Å². The fraction of sp³-hybridized carbons (Fsp3) is 0.111.